The number of rotatable bonds is 4. The number of aromatic nitrogens is 1. The molecule has 1 aliphatic heterocycles. The quantitative estimate of drug-likeness (QED) is 0.743. The Labute approximate surface area is 162 Å². The number of aryl methyl sites for hydroxylation is 1. The maximum absolute atomic E-state index is 12.5. The number of hydrogen-bond donors (Lipinski definition) is 1. The van der Waals surface area contributed by atoms with E-state index in [1.807, 2.05) is 31.2 Å². The van der Waals surface area contributed by atoms with E-state index in [0.717, 1.165) is 41.9 Å². The zero-order valence-corrected chi connectivity index (χ0v) is 16.0. The fourth-order valence-corrected chi connectivity index (χ4v) is 3.68. The van der Waals surface area contributed by atoms with Gasteiger partial charge in [0, 0.05) is 18.0 Å². The molecular formula is C21H22N4O3. The van der Waals surface area contributed by atoms with Crippen molar-refractivity contribution in [3.63, 3.8) is 0 Å². The van der Waals surface area contributed by atoms with Crippen molar-refractivity contribution >= 4 is 22.9 Å². The van der Waals surface area contributed by atoms with Gasteiger partial charge in [-0.3, -0.25) is 15.0 Å². The molecule has 4 rings (SSSR count). The number of furan rings is 1. The molecule has 144 valence electrons. The second kappa shape index (κ2) is 7.49. The maximum Gasteiger partial charge on any atom is 0.240 e. The van der Waals surface area contributed by atoms with Crippen LogP contribution in [0.15, 0.2) is 33.1 Å². The monoisotopic (exact) mass is 378 g/mol. The number of anilines is 1. The standard InChI is InChI=1S/C21H22N4O3/c1-13-14(2)27-21(16(13)10-22)24-19(26)12-25-9-5-6-15(11-25)20-23-17-7-3-4-8-18(17)28-20/h3-4,7-8,15H,5-6,9,11-12H2,1-2H3,(H,24,26)/t15-/m1/s1. The summed E-state index contributed by atoms with van der Waals surface area (Å²) in [5, 5.41) is 12.0. The number of para-hydroxylation sites is 2. The van der Waals surface area contributed by atoms with E-state index in [0.29, 0.717) is 17.9 Å². The first-order chi connectivity index (χ1) is 13.5. The van der Waals surface area contributed by atoms with E-state index in [1.165, 1.54) is 0 Å². The van der Waals surface area contributed by atoms with Crippen molar-refractivity contribution in [2.24, 2.45) is 0 Å². The fourth-order valence-electron chi connectivity index (χ4n) is 3.68. The summed E-state index contributed by atoms with van der Waals surface area (Å²) in [7, 11) is 0. The summed E-state index contributed by atoms with van der Waals surface area (Å²) in [4.78, 5) is 19.2. The van der Waals surface area contributed by atoms with Gasteiger partial charge in [0.25, 0.3) is 0 Å². The van der Waals surface area contributed by atoms with E-state index < -0.39 is 0 Å². The Morgan fingerprint density at radius 1 is 1.36 bits per heavy atom. The highest BCUT2D eigenvalue weighted by Crippen LogP contribution is 2.29. The van der Waals surface area contributed by atoms with Crippen LogP contribution in [0.3, 0.4) is 0 Å². The molecule has 28 heavy (non-hydrogen) atoms. The van der Waals surface area contributed by atoms with E-state index in [1.54, 1.807) is 6.92 Å². The lowest BCUT2D eigenvalue weighted by Crippen LogP contribution is -2.39. The van der Waals surface area contributed by atoms with Crippen LogP contribution in [0.1, 0.15) is 41.5 Å². The van der Waals surface area contributed by atoms with Crippen molar-refractivity contribution in [2.75, 3.05) is 25.0 Å². The van der Waals surface area contributed by atoms with Gasteiger partial charge < -0.3 is 8.83 Å². The molecular weight excluding hydrogens is 356 g/mol. The van der Waals surface area contributed by atoms with Gasteiger partial charge in [-0.05, 0) is 45.4 Å². The van der Waals surface area contributed by atoms with Crippen molar-refractivity contribution in [3.8, 4) is 6.07 Å². The molecule has 7 heteroatoms. The van der Waals surface area contributed by atoms with Crippen LogP contribution in [-0.2, 0) is 4.79 Å². The highest BCUT2D eigenvalue weighted by molar-refractivity contribution is 5.92. The van der Waals surface area contributed by atoms with Crippen LogP contribution in [-0.4, -0.2) is 35.4 Å². The maximum atomic E-state index is 12.5. The van der Waals surface area contributed by atoms with Crippen molar-refractivity contribution in [1.29, 1.82) is 5.26 Å². The number of nitrogens with zero attached hydrogens (tertiary/aromatic N) is 3. The normalized spacial score (nSPS) is 17.5. The summed E-state index contributed by atoms with van der Waals surface area (Å²) in [5.41, 5.74) is 2.79. The summed E-state index contributed by atoms with van der Waals surface area (Å²) in [6, 6.07) is 9.83. The minimum atomic E-state index is -0.191. The molecule has 1 saturated heterocycles. The van der Waals surface area contributed by atoms with Crippen LogP contribution in [0, 0.1) is 25.2 Å². The third kappa shape index (κ3) is 3.51. The van der Waals surface area contributed by atoms with E-state index in [4.69, 9.17) is 8.83 Å². The SMILES string of the molecule is Cc1oc(NC(=O)CN2CCC[C@@H](c3nc4ccccc4o3)C2)c(C#N)c1C. The molecule has 2 aromatic heterocycles. The lowest BCUT2D eigenvalue weighted by Gasteiger charge is -2.30. The Bertz CT molecular complexity index is 1030. The molecule has 1 aromatic carbocycles. The minimum Gasteiger partial charge on any atom is -0.444 e. The number of nitrogens with one attached hydrogen (secondary N) is 1. The van der Waals surface area contributed by atoms with E-state index >= 15 is 0 Å². The molecule has 3 aromatic rings. The lowest BCUT2D eigenvalue weighted by molar-refractivity contribution is -0.117. The zero-order chi connectivity index (χ0) is 19.7. The minimum absolute atomic E-state index is 0.164. The lowest BCUT2D eigenvalue weighted by atomic mass is 9.98. The fraction of sp³-hybridized carbons (Fsp3) is 0.381. The topological polar surface area (TPSA) is 95.3 Å². The molecule has 0 bridgehead atoms. The highest BCUT2D eigenvalue weighted by atomic mass is 16.4. The molecule has 1 atom stereocenters. The molecule has 7 nitrogen and oxygen atoms in total. The Morgan fingerprint density at radius 2 is 2.18 bits per heavy atom. The number of carbonyl (C=O) groups is 1. The number of fused-ring (bicyclic) bond motifs is 1. The Morgan fingerprint density at radius 3 is 2.96 bits per heavy atom. The van der Waals surface area contributed by atoms with Gasteiger partial charge in [0.1, 0.15) is 22.9 Å². The van der Waals surface area contributed by atoms with Crippen LogP contribution >= 0.6 is 0 Å². The Balaban J connectivity index is 1.42. The average molecular weight is 378 g/mol. The van der Waals surface area contributed by atoms with Crippen LogP contribution < -0.4 is 5.32 Å². The van der Waals surface area contributed by atoms with E-state index in [2.05, 4.69) is 21.3 Å². The van der Waals surface area contributed by atoms with Crippen LogP contribution in [0.2, 0.25) is 0 Å². The molecule has 3 heterocycles. The van der Waals surface area contributed by atoms with Crippen LogP contribution in [0.4, 0.5) is 5.88 Å². The Kier molecular flexibility index (Phi) is 4.88. The second-order valence-electron chi connectivity index (χ2n) is 7.24. The molecule has 0 unspecified atom stereocenters. The first-order valence-electron chi connectivity index (χ1n) is 9.43. The van der Waals surface area contributed by atoms with Gasteiger partial charge in [0.05, 0.1) is 6.54 Å². The van der Waals surface area contributed by atoms with Crippen molar-refractivity contribution in [2.45, 2.75) is 32.6 Å². The van der Waals surface area contributed by atoms with Crippen LogP contribution in [0.25, 0.3) is 11.1 Å². The number of carbonyl (C=O) groups excluding carboxylic acids is 1. The zero-order valence-electron chi connectivity index (χ0n) is 16.0. The predicted molar refractivity (Wildman–Crippen MR) is 104 cm³/mol. The van der Waals surface area contributed by atoms with Gasteiger partial charge in [-0.2, -0.15) is 5.26 Å². The molecule has 1 aliphatic rings. The van der Waals surface area contributed by atoms with Crippen LogP contribution in [0.5, 0.6) is 0 Å². The first kappa shape index (κ1) is 18.3. The number of nitriles is 1. The number of amides is 1. The van der Waals surface area contributed by atoms with Gasteiger partial charge in [-0.25, -0.2) is 4.98 Å². The smallest absolute Gasteiger partial charge is 0.240 e. The number of hydrogen-bond acceptors (Lipinski definition) is 6. The highest BCUT2D eigenvalue weighted by Gasteiger charge is 2.27. The summed E-state index contributed by atoms with van der Waals surface area (Å²) >= 11 is 0. The number of benzene rings is 1. The summed E-state index contributed by atoms with van der Waals surface area (Å²) < 4.78 is 11.4. The molecule has 1 amide bonds. The molecule has 1 N–H and O–H groups in total. The van der Waals surface area contributed by atoms with E-state index in [9.17, 15) is 10.1 Å². The van der Waals surface area contributed by atoms with Gasteiger partial charge in [0.15, 0.2) is 11.5 Å². The number of piperidine rings is 1. The summed E-state index contributed by atoms with van der Waals surface area (Å²) in [6.07, 6.45) is 1.96. The van der Waals surface area contributed by atoms with Crippen molar-refractivity contribution in [1.82, 2.24) is 9.88 Å². The third-order valence-electron chi connectivity index (χ3n) is 5.28. The molecule has 0 radical (unpaired) electrons. The largest absolute Gasteiger partial charge is 0.444 e. The predicted octanol–water partition coefficient (Wildman–Crippen LogP) is 3.73. The average Bonchev–Trinajstić information content (AvgIpc) is 3.23. The second-order valence-corrected chi connectivity index (χ2v) is 7.24. The molecule has 1 fully saturated rings. The summed E-state index contributed by atoms with van der Waals surface area (Å²) in [6.45, 7) is 5.37. The van der Waals surface area contributed by atoms with Crippen molar-refractivity contribution < 1.29 is 13.6 Å². The summed E-state index contributed by atoms with van der Waals surface area (Å²) in [5.74, 6) is 1.58. The molecule has 0 spiro atoms. The van der Waals surface area contributed by atoms with Gasteiger partial charge in [-0.1, -0.05) is 12.1 Å². The third-order valence-corrected chi connectivity index (χ3v) is 5.28. The first-order valence-corrected chi connectivity index (χ1v) is 9.43. The number of oxazole rings is 1. The molecule has 0 saturated carbocycles. The molecule has 0 aliphatic carbocycles. The van der Waals surface area contributed by atoms with E-state index in [-0.39, 0.29) is 24.3 Å². The Hall–Kier alpha value is -3.11. The van der Waals surface area contributed by atoms with Crippen molar-refractivity contribution in [3.05, 3.63) is 47.0 Å². The van der Waals surface area contributed by atoms with Gasteiger partial charge in [0.2, 0.25) is 11.8 Å². The number of likely N-dealkylation sites (tertiary alicyclic amines) is 1. The van der Waals surface area contributed by atoms with Gasteiger partial charge in [-0.15, -0.1) is 0 Å². The van der Waals surface area contributed by atoms with Gasteiger partial charge >= 0.3 is 0 Å².